The Kier molecular flexibility index (Phi) is 5.38. The van der Waals surface area contributed by atoms with Gasteiger partial charge in [0.2, 0.25) is 0 Å². The Morgan fingerprint density at radius 2 is 2.04 bits per heavy atom. The molecule has 0 atom stereocenters. The molecule has 0 saturated heterocycles. The summed E-state index contributed by atoms with van der Waals surface area (Å²) in [7, 11) is 0. The van der Waals surface area contributed by atoms with Crippen molar-refractivity contribution in [2.24, 2.45) is 0 Å². The van der Waals surface area contributed by atoms with E-state index in [1.165, 1.54) is 0 Å². The van der Waals surface area contributed by atoms with Crippen molar-refractivity contribution < 1.29 is 23.1 Å². The second kappa shape index (κ2) is 7.10. The maximum absolute atomic E-state index is 12.5. The highest BCUT2D eigenvalue weighted by atomic mass is 35.5. The Morgan fingerprint density at radius 1 is 1.35 bits per heavy atom. The van der Waals surface area contributed by atoms with Crippen LogP contribution in [-0.4, -0.2) is 11.1 Å². The predicted molar refractivity (Wildman–Crippen MR) is 79.3 cm³/mol. The molecule has 0 fully saturated rings. The van der Waals surface area contributed by atoms with Crippen LogP contribution in [0.1, 0.15) is 11.1 Å². The predicted octanol–water partition coefficient (Wildman–Crippen LogP) is 3.80. The first-order chi connectivity index (χ1) is 10.8. The SMILES string of the molecule is O=C([O-])Nc1ccccc1CSc1ncc(C(F)(F)F)cc1Cl. The number of para-hydroxylation sites is 1. The monoisotopic (exact) mass is 361 g/mol. The van der Waals surface area contributed by atoms with Gasteiger partial charge in [-0.25, -0.2) is 4.98 Å². The summed E-state index contributed by atoms with van der Waals surface area (Å²) in [5, 5.41) is 12.9. The molecule has 122 valence electrons. The molecule has 0 radical (unpaired) electrons. The number of nitrogens with zero attached hydrogens (tertiary/aromatic N) is 1. The van der Waals surface area contributed by atoms with Gasteiger partial charge in [-0.3, -0.25) is 0 Å². The van der Waals surface area contributed by atoms with Crippen LogP contribution in [0.5, 0.6) is 0 Å². The van der Waals surface area contributed by atoms with E-state index in [1.807, 2.05) is 0 Å². The first kappa shape index (κ1) is 17.4. The van der Waals surface area contributed by atoms with Crippen molar-refractivity contribution in [1.29, 1.82) is 0 Å². The molecule has 1 aromatic heterocycles. The molecule has 0 aliphatic rings. The van der Waals surface area contributed by atoms with Crippen molar-refractivity contribution in [1.82, 2.24) is 4.98 Å². The zero-order valence-corrected chi connectivity index (χ0v) is 12.9. The van der Waals surface area contributed by atoms with Crippen molar-refractivity contribution in [2.75, 3.05) is 5.32 Å². The molecule has 0 spiro atoms. The van der Waals surface area contributed by atoms with E-state index in [2.05, 4.69) is 10.3 Å². The van der Waals surface area contributed by atoms with Crippen molar-refractivity contribution in [3.63, 3.8) is 0 Å². The van der Waals surface area contributed by atoms with Crippen LogP contribution < -0.4 is 10.4 Å². The van der Waals surface area contributed by atoms with Gasteiger partial charge in [0.05, 0.1) is 10.6 Å². The summed E-state index contributed by atoms with van der Waals surface area (Å²) in [5.74, 6) is 0.272. The molecule has 1 heterocycles. The van der Waals surface area contributed by atoms with Gasteiger partial charge in [-0.15, -0.1) is 11.8 Å². The van der Waals surface area contributed by atoms with Crippen molar-refractivity contribution in [3.05, 3.63) is 52.7 Å². The summed E-state index contributed by atoms with van der Waals surface area (Å²) >= 11 is 6.92. The molecule has 0 bridgehead atoms. The van der Waals surface area contributed by atoms with E-state index in [4.69, 9.17) is 11.6 Å². The van der Waals surface area contributed by atoms with Crippen LogP contribution in [-0.2, 0) is 11.9 Å². The van der Waals surface area contributed by atoms with E-state index in [0.717, 1.165) is 17.8 Å². The van der Waals surface area contributed by atoms with E-state index >= 15 is 0 Å². The average molecular weight is 362 g/mol. The normalized spacial score (nSPS) is 11.3. The molecule has 1 aromatic carbocycles. The summed E-state index contributed by atoms with van der Waals surface area (Å²) in [6.45, 7) is 0. The number of carbonyl (C=O) groups is 1. The maximum atomic E-state index is 12.5. The third-order valence-corrected chi connectivity index (χ3v) is 4.21. The van der Waals surface area contributed by atoms with Crippen LogP contribution in [0, 0.1) is 0 Å². The third-order valence-electron chi connectivity index (χ3n) is 2.75. The fourth-order valence-corrected chi connectivity index (χ4v) is 2.91. The van der Waals surface area contributed by atoms with Crippen LogP contribution >= 0.6 is 23.4 Å². The lowest BCUT2D eigenvalue weighted by Gasteiger charge is -2.12. The minimum Gasteiger partial charge on any atom is -0.530 e. The van der Waals surface area contributed by atoms with Gasteiger partial charge in [-0.1, -0.05) is 29.8 Å². The van der Waals surface area contributed by atoms with Crippen LogP contribution in [0.15, 0.2) is 41.6 Å². The lowest BCUT2D eigenvalue weighted by atomic mass is 10.2. The standard InChI is InChI=1S/C14H10ClF3N2O2S/c15-10-5-9(14(16,17)18)6-19-12(10)23-7-8-3-1-2-4-11(8)20-13(21)22/h1-6,20H,7H2,(H,21,22)/p-1. The number of carbonyl (C=O) groups excluding carboxylic acids is 1. The van der Waals surface area contributed by atoms with Gasteiger partial charge in [-0.05, 0) is 17.7 Å². The van der Waals surface area contributed by atoms with Crippen molar-refractivity contribution >= 4 is 35.1 Å². The number of alkyl halides is 3. The van der Waals surface area contributed by atoms with Gasteiger partial charge in [0.15, 0.2) is 0 Å². The number of nitrogens with one attached hydrogen (secondary N) is 1. The minimum atomic E-state index is -4.51. The van der Waals surface area contributed by atoms with Gasteiger partial charge in [0.25, 0.3) is 0 Å². The molecule has 1 amide bonds. The number of anilines is 1. The zero-order chi connectivity index (χ0) is 17.0. The van der Waals surface area contributed by atoms with E-state index in [-0.39, 0.29) is 15.8 Å². The van der Waals surface area contributed by atoms with Gasteiger partial charge in [0, 0.05) is 17.6 Å². The molecule has 23 heavy (non-hydrogen) atoms. The summed E-state index contributed by atoms with van der Waals surface area (Å²) in [6, 6.07) is 7.38. The van der Waals surface area contributed by atoms with Gasteiger partial charge >= 0.3 is 6.18 Å². The van der Waals surface area contributed by atoms with E-state index in [9.17, 15) is 23.1 Å². The number of hydrogen-bond donors (Lipinski definition) is 1. The van der Waals surface area contributed by atoms with Crippen LogP contribution in [0.25, 0.3) is 0 Å². The maximum Gasteiger partial charge on any atom is 0.417 e. The fraction of sp³-hybridized carbons (Fsp3) is 0.143. The quantitative estimate of drug-likeness (QED) is 0.841. The molecular weight excluding hydrogens is 353 g/mol. The van der Waals surface area contributed by atoms with Gasteiger partial charge < -0.3 is 15.2 Å². The lowest BCUT2D eigenvalue weighted by Crippen LogP contribution is -2.29. The molecule has 2 aromatic rings. The largest absolute Gasteiger partial charge is 0.530 e. The van der Waals surface area contributed by atoms with Crippen LogP contribution in [0.3, 0.4) is 0 Å². The topological polar surface area (TPSA) is 65.0 Å². The number of benzene rings is 1. The van der Waals surface area contributed by atoms with Crippen molar-refractivity contribution in [2.45, 2.75) is 17.0 Å². The van der Waals surface area contributed by atoms with E-state index < -0.39 is 17.8 Å². The van der Waals surface area contributed by atoms with Gasteiger partial charge in [-0.2, -0.15) is 13.2 Å². The molecule has 0 aliphatic carbocycles. The first-order valence-electron chi connectivity index (χ1n) is 6.19. The summed E-state index contributed by atoms with van der Waals surface area (Å²) in [5.41, 5.74) is 0.0355. The zero-order valence-electron chi connectivity index (χ0n) is 11.4. The molecule has 9 heteroatoms. The average Bonchev–Trinajstić information content (AvgIpc) is 2.45. The molecule has 4 nitrogen and oxygen atoms in total. The summed E-state index contributed by atoms with van der Waals surface area (Å²) in [4.78, 5) is 14.3. The molecular formula is C14H9ClF3N2O2S-. The second-order valence-electron chi connectivity index (χ2n) is 4.37. The number of carboxylic acid groups (broad SMARTS) is 1. The molecule has 0 aliphatic heterocycles. The summed E-state index contributed by atoms with van der Waals surface area (Å²) in [6.07, 6.45) is -5.25. The molecule has 1 N–H and O–H groups in total. The Hall–Kier alpha value is -1.93. The number of pyridine rings is 1. The number of aromatic nitrogens is 1. The third kappa shape index (κ3) is 4.77. The van der Waals surface area contributed by atoms with Crippen molar-refractivity contribution in [3.8, 4) is 0 Å². The smallest absolute Gasteiger partial charge is 0.417 e. The second-order valence-corrected chi connectivity index (χ2v) is 5.74. The number of thioether (sulfide) groups is 1. The number of rotatable bonds is 4. The van der Waals surface area contributed by atoms with E-state index in [0.29, 0.717) is 17.4 Å². The Labute approximate surface area is 138 Å². The van der Waals surface area contributed by atoms with E-state index in [1.54, 1.807) is 24.3 Å². The molecule has 2 rings (SSSR count). The molecule has 0 saturated carbocycles. The van der Waals surface area contributed by atoms with Crippen LogP contribution in [0.4, 0.5) is 23.7 Å². The Balaban J connectivity index is 2.14. The first-order valence-corrected chi connectivity index (χ1v) is 7.55. The lowest BCUT2D eigenvalue weighted by molar-refractivity contribution is -0.242. The molecule has 0 unspecified atom stereocenters. The highest BCUT2D eigenvalue weighted by Crippen LogP contribution is 2.35. The number of amides is 1. The van der Waals surface area contributed by atoms with Gasteiger partial charge in [0.1, 0.15) is 11.1 Å². The Morgan fingerprint density at radius 3 is 2.65 bits per heavy atom. The van der Waals surface area contributed by atoms with Crippen LogP contribution in [0.2, 0.25) is 5.02 Å². The number of hydrogen-bond acceptors (Lipinski definition) is 4. The summed E-state index contributed by atoms with van der Waals surface area (Å²) < 4.78 is 37.6. The number of halogens is 4. The fourth-order valence-electron chi connectivity index (χ4n) is 1.71. The highest BCUT2D eigenvalue weighted by Gasteiger charge is 2.31. The minimum absolute atomic E-state index is 0.116. The highest BCUT2D eigenvalue weighted by molar-refractivity contribution is 7.98. The Bertz CT molecular complexity index is 725.